The molecule has 2 aliphatic heterocycles. The molecule has 2 aromatic rings. The van der Waals surface area contributed by atoms with Crippen LogP contribution in [0.5, 0.6) is 0 Å². The summed E-state index contributed by atoms with van der Waals surface area (Å²) in [4.78, 5) is 35.6. The summed E-state index contributed by atoms with van der Waals surface area (Å²) in [5, 5.41) is 2.80. The second-order valence-electron chi connectivity index (χ2n) is 8.46. The number of aromatic amines is 1. The number of likely N-dealkylation sites (tertiary alicyclic amines) is 1. The summed E-state index contributed by atoms with van der Waals surface area (Å²) >= 11 is 3.46. The number of H-pyrrole nitrogens is 1. The number of carbonyl (C=O) groups is 2. The van der Waals surface area contributed by atoms with Gasteiger partial charge in [-0.1, -0.05) is 28.1 Å². The van der Waals surface area contributed by atoms with Crippen LogP contribution in [0.1, 0.15) is 44.5 Å². The van der Waals surface area contributed by atoms with Crippen molar-refractivity contribution in [2.45, 2.75) is 50.8 Å². The van der Waals surface area contributed by atoms with Gasteiger partial charge in [-0.05, 0) is 56.2 Å². The molecule has 2 N–H and O–H groups in total. The topological polar surface area (TPSA) is 96.5 Å². The molecular formula is C23H29BrN4O4. The predicted octanol–water partition coefficient (Wildman–Crippen LogP) is 4.04. The molecule has 0 radical (unpaired) electrons. The molecule has 0 bridgehead atoms. The van der Waals surface area contributed by atoms with Crippen LogP contribution in [0.2, 0.25) is 0 Å². The van der Waals surface area contributed by atoms with Gasteiger partial charge in [0, 0.05) is 17.6 Å². The lowest BCUT2D eigenvalue weighted by Crippen LogP contribution is -2.53. The number of alkyl carbamates (subject to hydrolysis) is 1. The van der Waals surface area contributed by atoms with Crippen LogP contribution in [0, 0.1) is 5.92 Å². The van der Waals surface area contributed by atoms with Crippen molar-refractivity contribution in [3.05, 3.63) is 40.8 Å². The number of benzene rings is 1. The molecule has 2 fully saturated rings. The third-order valence-corrected chi connectivity index (χ3v) is 6.85. The van der Waals surface area contributed by atoms with Crippen LogP contribution in [0.4, 0.5) is 4.79 Å². The largest absolute Gasteiger partial charge is 0.453 e. The molecule has 0 saturated carbocycles. The van der Waals surface area contributed by atoms with Crippen LogP contribution in [-0.2, 0) is 14.3 Å². The summed E-state index contributed by atoms with van der Waals surface area (Å²) in [5.74, 6) is 0.686. The molecular weight excluding hydrogens is 476 g/mol. The normalized spacial score (nSPS) is 24.2. The number of amides is 2. The smallest absolute Gasteiger partial charge is 0.407 e. The second kappa shape index (κ2) is 10.0. The van der Waals surface area contributed by atoms with E-state index in [1.165, 1.54) is 7.11 Å². The van der Waals surface area contributed by atoms with Crippen LogP contribution in [0.3, 0.4) is 0 Å². The highest BCUT2D eigenvalue weighted by molar-refractivity contribution is 9.10. The molecule has 172 valence electrons. The van der Waals surface area contributed by atoms with E-state index in [9.17, 15) is 9.59 Å². The molecule has 2 amide bonds. The van der Waals surface area contributed by atoms with Crippen molar-refractivity contribution in [2.75, 3.05) is 20.3 Å². The fourth-order valence-corrected chi connectivity index (χ4v) is 4.94. The van der Waals surface area contributed by atoms with E-state index >= 15 is 0 Å². The molecule has 9 heteroatoms. The van der Waals surface area contributed by atoms with Gasteiger partial charge < -0.3 is 24.7 Å². The number of imidazole rings is 1. The van der Waals surface area contributed by atoms with Crippen molar-refractivity contribution < 1.29 is 19.1 Å². The number of carbonyl (C=O) groups excluding carboxylic acids is 2. The molecule has 0 spiro atoms. The highest BCUT2D eigenvalue weighted by Crippen LogP contribution is 2.34. The number of nitrogens with zero attached hydrogens (tertiary/aromatic N) is 2. The third-order valence-electron chi connectivity index (χ3n) is 6.32. The number of nitrogens with one attached hydrogen (secondary N) is 2. The van der Waals surface area contributed by atoms with Gasteiger partial charge in [-0.25, -0.2) is 9.78 Å². The van der Waals surface area contributed by atoms with Crippen molar-refractivity contribution in [1.29, 1.82) is 0 Å². The Morgan fingerprint density at radius 2 is 2.09 bits per heavy atom. The molecule has 4 atom stereocenters. The minimum Gasteiger partial charge on any atom is -0.453 e. The maximum atomic E-state index is 13.7. The van der Waals surface area contributed by atoms with Crippen LogP contribution in [-0.4, -0.2) is 59.3 Å². The Hall–Kier alpha value is -2.39. The summed E-state index contributed by atoms with van der Waals surface area (Å²) in [6.45, 7) is 3.21. The number of aromatic nitrogens is 2. The number of hydrogen-bond acceptors (Lipinski definition) is 5. The fraction of sp³-hybridized carbons (Fsp3) is 0.522. The van der Waals surface area contributed by atoms with E-state index in [1.807, 2.05) is 42.3 Å². The first kappa shape index (κ1) is 22.8. The van der Waals surface area contributed by atoms with E-state index in [0.717, 1.165) is 40.8 Å². The van der Waals surface area contributed by atoms with Crippen LogP contribution >= 0.6 is 15.9 Å². The average Bonchev–Trinajstić information content (AvgIpc) is 3.47. The summed E-state index contributed by atoms with van der Waals surface area (Å²) in [5.41, 5.74) is 1.94. The standard InChI is InChI=1S/C23H29BrN4O4/c1-14-12-16(9-11-32-14)20(27-23(30)31-2)22(29)28-10-3-4-19(28)21-25-13-18(26-21)15-5-7-17(24)8-6-15/h5-8,13-14,16,19-20H,3-4,9-12H2,1-2H3,(H,25,26)(H,27,30)/t14?,16?,19-,20?/m0/s1. The first-order valence-corrected chi connectivity index (χ1v) is 11.8. The molecule has 32 heavy (non-hydrogen) atoms. The van der Waals surface area contributed by atoms with Gasteiger partial charge in [-0.2, -0.15) is 0 Å². The molecule has 4 rings (SSSR count). The molecule has 3 unspecified atom stereocenters. The molecule has 0 aliphatic carbocycles. The molecule has 8 nitrogen and oxygen atoms in total. The number of rotatable bonds is 5. The molecule has 3 heterocycles. The zero-order chi connectivity index (χ0) is 22.7. The SMILES string of the molecule is COC(=O)NC(C(=O)N1CCC[C@H]1c1ncc(-c2ccc(Br)cc2)[nH]1)C1CCOC(C)C1. The molecule has 1 aromatic heterocycles. The van der Waals surface area contributed by atoms with E-state index < -0.39 is 12.1 Å². The summed E-state index contributed by atoms with van der Waals surface area (Å²) < 4.78 is 11.5. The van der Waals surface area contributed by atoms with Gasteiger partial charge in [0.15, 0.2) is 0 Å². The predicted molar refractivity (Wildman–Crippen MR) is 123 cm³/mol. The van der Waals surface area contributed by atoms with Crippen molar-refractivity contribution in [2.24, 2.45) is 5.92 Å². The highest BCUT2D eigenvalue weighted by Gasteiger charge is 2.40. The van der Waals surface area contributed by atoms with Crippen LogP contribution in [0.25, 0.3) is 11.3 Å². The maximum absolute atomic E-state index is 13.7. The van der Waals surface area contributed by atoms with Gasteiger partial charge in [0.1, 0.15) is 11.9 Å². The van der Waals surface area contributed by atoms with Crippen molar-refractivity contribution >= 4 is 27.9 Å². The molecule has 2 aliphatic rings. The quantitative estimate of drug-likeness (QED) is 0.640. The molecule has 1 aromatic carbocycles. The van der Waals surface area contributed by atoms with Crippen LogP contribution in [0.15, 0.2) is 34.9 Å². The van der Waals surface area contributed by atoms with E-state index in [2.05, 4.69) is 31.2 Å². The fourth-order valence-electron chi connectivity index (χ4n) is 4.68. The van der Waals surface area contributed by atoms with Gasteiger partial charge in [0.25, 0.3) is 0 Å². The zero-order valence-electron chi connectivity index (χ0n) is 18.3. The van der Waals surface area contributed by atoms with Crippen molar-refractivity contribution in [3.8, 4) is 11.3 Å². The Morgan fingerprint density at radius 3 is 2.81 bits per heavy atom. The Bertz CT molecular complexity index is 948. The first-order valence-electron chi connectivity index (χ1n) is 11.0. The first-order chi connectivity index (χ1) is 15.5. The zero-order valence-corrected chi connectivity index (χ0v) is 19.9. The van der Waals surface area contributed by atoms with Crippen molar-refractivity contribution in [3.63, 3.8) is 0 Å². The van der Waals surface area contributed by atoms with Gasteiger partial charge in [0.2, 0.25) is 5.91 Å². The highest BCUT2D eigenvalue weighted by atomic mass is 79.9. The van der Waals surface area contributed by atoms with E-state index in [4.69, 9.17) is 9.47 Å². The number of halogens is 1. The lowest BCUT2D eigenvalue weighted by molar-refractivity contribution is -0.137. The van der Waals surface area contributed by atoms with E-state index in [0.29, 0.717) is 19.6 Å². The Kier molecular flexibility index (Phi) is 7.15. The van der Waals surface area contributed by atoms with Crippen molar-refractivity contribution in [1.82, 2.24) is 20.2 Å². The van der Waals surface area contributed by atoms with E-state index in [1.54, 1.807) is 0 Å². The Morgan fingerprint density at radius 1 is 1.31 bits per heavy atom. The minimum atomic E-state index is -0.643. The number of hydrogen-bond donors (Lipinski definition) is 2. The Balaban J connectivity index is 1.54. The average molecular weight is 505 g/mol. The van der Waals surface area contributed by atoms with Gasteiger partial charge in [-0.3, -0.25) is 4.79 Å². The van der Waals surface area contributed by atoms with Gasteiger partial charge in [0.05, 0.1) is 31.1 Å². The lowest BCUT2D eigenvalue weighted by Gasteiger charge is -2.36. The van der Waals surface area contributed by atoms with Gasteiger partial charge >= 0.3 is 6.09 Å². The van der Waals surface area contributed by atoms with Gasteiger partial charge in [-0.15, -0.1) is 0 Å². The van der Waals surface area contributed by atoms with Crippen LogP contribution < -0.4 is 5.32 Å². The summed E-state index contributed by atoms with van der Waals surface area (Å²) in [6, 6.07) is 7.21. The number of ether oxygens (including phenoxy) is 2. The third kappa shape index (κ3) is 4.99. The Labute approximate surface area is 196 Å². The maximum Gasteiger partial charge on any atom is 0.407 e. The second-order valence-corrected chi connectivity index (χ2v) is 9.37. The lowest BCUT2D eigenvalue weighted by atomic mass is 9.88. The minimum absolute atomic E-state index is 0.00141. The molecule has 2 saturated heterocycles. The monoisotopic (exact) mass is 504 g/mol. The summed E-state index contributed by atoms with van der Waals surface area (Å²) in [7, 11) is 1.31. The van der Waals surface area contributed by atoms with E-state index in [-0.39, 0.29) is 24.0 Å². The summed E-state index contributed by atoms with van der Waals surface area (Å²) in [6.07, 6.45) is 4.42. The number of methoxy groups -OCH3 is 1.